The van der Waals surface area contributed by atoms with Crippen molar-refractivity contribution in [3.63, 3.8) is 0 Å². The predicted molar refractivity (Wildman–Crippen MR) is 65.7 cm³/mol. The molecule has 17 heavy (non-hydrogen) atoms. The third kappa shape index (κ3) is 2.35. The number of carbonyl (C=O) groups excluding carboxylic acids is 1. The molecule has 92 valence electrons. The minimum Gasteiger partial charge on any atom is -0.468 e. The molecule has 4 nitrogen and oxygen atoms in total. The maximum absolute atomic E-state index is 12.0. The zero-order chi connectivity index (χ0) is 12.3. The van der Waals surface area contributed by atoms with E-state index in [0.29, 0.717) is 26.1 Å². The summed E-state index contributed by atoms with van der Waals surface area (Å²) in [5, 5.41) is 0. The van der Waals surface area contributed by atoms with Crippen molar-refractivity contribution in [2.75, 3.05) is 20.3 Å². The van der Waals surface area contributed by atoms with Gasteiger partial charge < -0.3 is 9.47 Å². The Kier molecular flexibility index (Phi) is 3.79. The summed E-state index contributed by atoms with van der Waals surface area (Å²) in [6.07, 6.45) is 2.94. The highest BCUT2D eigenvalue weighted by Crippen LogP contribution is 2.35. The molecule has 0 bridgehead atoms. The van der Waals surface area contributed by atoms with Crippen LogP contribution in [-0.4, -0.2) is 31.3 Å². The Bertz CT molecular complexity index is 399. The molecule has 1 aromatic rings. The molecule has 0 atom stereocenters. The van der Waals surface area contributed by atoms with E-state index >= 15 is 0 Å². The quantitative estimate of drug-likeness (QED) is 0.785. The third-order valence-corrected chi connectivity index (χ3v) is 3.61. The smallest absolute Gasteiger partial charge is 0.318 e. The highest BCUT2D eigenvalue weighted by molar-refractivity contribution is 9.10. The molecule has 1 aliphatic heterocycles. The molecular formula is C12H14BrNO3. The lowest BCUT2D eigenvalue weighted by Gasteiger charge is -2.33. The fourth-order valence-corrected chi connectivity index (χ4v) is 2.37. The molecule has 0 N–H and O–H groups in total. The maximum Gasteiger partial charge on any atom is 0.318 e. The van der Waals surface area contributed by atoms with Gasteiger partial charge in [0.05, 0.1) is 12.8 Å². The van der Waals surface area contributed by atoms with Gasteiger partial charge in [-0.2, -0.15) is 0 Å². The molecular weight excluding hydrogens is 286 g/mol. The first-order valence-corrected chi connectivity index (χ1v) is 6.26. The number of hydrogen-bond donors (Lipinski definition) is 0. The van der Waals surface area contributed by atoms with Crippen LogP contribution in [0.1, 0.15) is 18.5 Å². The van der Waals surface area contributed by atoms with Gasteiger partial charge in [-0.05, 0) is 40.9 Å². The standard InChI is InChI=1S/C12H14BrNO3/c1-16-11(15)12(4-6-17-7-5-12)10-3-2-9(13)8-14-10/h2-3,8H,4-7H2,1H3. The Labute approximate surface area is 108 Å². The zero-order valence-electron chi connectivity index (χ0n) is 9.61. The number of nitrogens with zero attached hydrogens (tertiary/aromatic N) is 1. The zero-order valence-corrected chi connectivity index (χ0v) is 11.2. The lowest BCUT2D eigenvalue weighted by atomic mass is 9.77. The van der Waals surface area contributed by atoms with Crippen molar-refractivity contribution >= 4 is 21.9 Å². The molecule has 1 aromatic heterocycles. The van der Waals surface area contributed by atoms with Crippen LogP contribution in [0.2, 0.25) is 0 Å². The van der Waals surface area contributed by atoms with Crippen LogP contribution in [0.25, 0.3) is 0 Å². The number of rotatable bonds is 2. The molecule has 0 unspecified atom stereocenters. The minimum absolute atomic E-state index is 0.226. The van der Waals surface area contributed by atoms with Gasteiger partial charge in [0.25, 0.3) is 0 Å². The van der Waals surface area contributed by atoms with Crippen molar-refractivity contribution in [1.29, 1.82) is 0 Å². The number of esters is 1. The summed E-state index contributed by atoms with van der Waals surface area (Å²) in [6, 6.07) is 3.76. The van der Waals surface area contributed by atoms with Crippen LogP contribution >= 0.6 is 15.9 Å². The predicted octanol–water partition coefficient (Wildman–Crippen LogP) is 2.07. The second kappa shape index (κ2) is 5.14. The minimum atomic E-state index is -0.645. The van der Waals surface area contributed by atoms with Crippen molar-refractivity contribution in [2.24, 2.45) is 0 Å². The molecule has 5 heteroatoms. The Balaban J connectivity index is 2.38. The molecule has 0 aliphatic carbocycles. The van der Waals surface area contributed by atoms with Crippen LogP contribution in [0.4, 0.5) is 0 Å². The molecule has 0 aromatic carbocycles. The summed E-state index contributed by atoms with van der Waals surface area (Å²) < 4.78 is 11.1. The first kappa shape index (κ1) is 12.5. The summed E-state index contributed by atoms with van der Waals surface area (Å²) in [5.41, 5.74) is 0.115. The summed E-state index contributed by atoms with van der Waals surface area (Å²) in [6.45, 7) is 1.12. The Hall–Kier alpha value is -0.940. The van der Waals surface area contributed by atoms with Gasteiger partial charge in [-0.1, -0.05) is 0 Å². The summed E-state index contributed by atoms with van der Waals surface area (Å²) in [4.78, 5) is 16.4. The first-order valence-electron chi connectivity index (χ1n) is 5.47. The molecule has 2 rings (SSSR count). The molecule has 0 radical (unpaired) electrons. The number of pyridine rings is 1. The van der Waals surface area contributed by atoms with Crippen LogP contribution in [0.15, 0.2) is 22.8 Å². The molecule has 0 saturated carbocycles. The van der Waals surface area contributed by atoms with Crippen molar-refractivity contribution in [2.45, 2.75) is 18.3 Å². The van der Waals surface area contributed by atoms with E-state index in [1.807, 2.05) is 12.1 Å². The van der Waals surface area contributed by atoms with E-state index in [9.17, 15) is 4.79 Å². The Morgan fingerprint density at radius 1 is 1.47 bits per heavy atom. The number of ether oxygens (including phenoxy) is 2. The largest absolute Gasteiger partial charge is 0.468 e. The van der Waals surface area contributed by atoms with E-state index in [1.165, 1.54) is 7.11 Å². The summed E-state index contributed by atoms with van der Waals surface area (Å²) in [5.74, 6) is -0.226. The highest BCUT2D eigenvalue weighted by atomic mass is 79.9. The average Bonchev–Trinajstić information content (AvgIpc) is 2.39. The number of methoxy groups -OCH3 is 1. The van der Waals surface area contributed by atoms with Crippen LogP contribution in [0, 0.1) is 0 Å². The van der Waals surface area contributed by atoms with Crippen molar-refractivity contribution < 1.29 is 14.3 Å². The van der Waals surface area contributed by atoms with Gasteiger partial charge in [-0.3, -0.25) is 9.78 Å². The number of hydrogen-bond acceptors (Lipinski definition) is 4. The van der Waals surface area contributed by atoms with Gasteiger partial charge in [0.15, 0.2) is 0 Å². The molecule has 1 fully saturated rings. The Morgan fingerprint density at radius 2 is 2.18 bits per heavy atom. The summed E-state index contributed by atoms with van der Waals surface area (Å²) in [7, 11) is 1.42. The van der Waals surface area contributed by atoms with E-state index in [2.05, 4.69) is 20.9 Å². The average molecular weight is 300 g/mol. The van der Waals surface area contributed by atoms with Gasteiger partial charge in [0, 0.05) is 23.9 Å². The molecule has 1 saturated heterocycles. The fourth-order valence-electron chi connectivity index (χ4n) is 2.14. The van der Waals surface area contributed by atoms with Gasteiger partial charge in [0.1, 0.15) is 5.41 Å². The Morgan fingerprint density at radius 3 is 2.71 bits per heavy atom. The van der Waals surface area contributed by atoms with Crippen LogP contribution in [0.3, 0.4) is 0 Å². The van der Waals surface area contributed by atoms with E-state index in [1.54, 1.807) is 6.20 Å². The second-order valence-electron chi connectivity index (χ2n) is 4.05. The van der Waals surface area contributed by atoms with E-state index < -0.39 is 5.41 Å². The molecule has 0 spiro atoms. The normalized spacial score (nSPS) is 18.7. The van der Waals surface area contributed by atoms with E-state index in [0.717, 1.165) is 10.2 Å². The fraction of sp³-hybridized carbons (Fsp3) is 0.500. The first-order chi connectivity index (χ1) is 8.19. The van der Waals surface area contributed by atoms with Crippen LogP contribution in [0.5, 0.6) is 0 Å². The molecule has 0 amide bonds. The number of halogens is 1. The van der Waals surface area contributed by atoms with Crippen LogP contribution in [-0.2, 0) is 19.7 Å². The lowest BCUT2D eigenvalue weighted by Crippen LogP contribution is -2.42. The lowest BCUT2D eigenvalue weighted by molar-refractivity contribution is -0.151. The van der Waals surface area contributed by atoms with Crippen molar-refractivity contribution in [3.8, 4) is 0 Å². The second-order valence-corrected chi connectivity index (χ2v) is 4.96. The topological polar surface area (TPSA) is 48.4 Å². The van der Waals surface area contributed by atoms with Gasteiger partial charge in [0.2, 0.25) is 0 Å². The number of carbonyl (C=O) groups is 1. The highest BCUT2D eigenvalue weighted by Gasteiger charge is 2.44. The maximum atomic E-state index is 12.0. The third-order valence-electron chi connectivity index (χ3n) is 3.14. The van der Waals surface area contributed by atoms with E-state index in [4.69, 9.17) is 9.47 Å². The molecule has 2 heterocycles. The SMILES string of the molecule is COC(=O)C1(c2ccc(Br)cn2)CCOCC1. The monoisotopic (exact) mass is 299 g/mol. The van der Waals surface area contributed by atoms with Crippen molar-refractivity contribution in [1.82, 2.24) is 4.98 Å². The molecule has 1 aliphatic rings. The number of aromatic nitrogens is 1. The van der Waals surface area contributed by atoms with Crippen molar-refractivity contribution in [3.05, 3.63) is 28.5 Å². The van der Waals surface area contributed by atoms with Gasteiger partial charge in [-0.25, -0.2) is 0 Å². The van der Waals surface area contributed by atoms with Gasteiger partial charge in [-0.15, -0.1) is 0 Å². The van der Waals surface area contributed by atoms with Gasteiger partial charge >= 0.3 is 5.97 Å². The van der Waals surface area contributed by atoms with Crippen LogP contribution < -0.4 is 0 Å². The van der Waals surface area contributed by atoms with E-state index in [-0.39, 0.29) is 5.97 Å². The summed E-state index contributed by atoms with van der Waals surface area (Å²) >= 11 is 3.34.